The highest BCUT2D eigenvalue weighted by molar-refractivity contribution is 5.70. The maximum atomic E-state index is 10.7. The summed E-state index contributed by atoms with van der Waals surface area (Å²) in [5.41, 5.74) is 0. The first-order valence-electron chi connectivity index (χ1n) is 4.14. The van der Waals surface area contributed by atoms with Crippen molar-refractivity contribution in [1.82, 2.24) is 0 Å². The van der Waals surface area contributed by atoms with Gasteiger partial charge in [-0.3, -0.25) is 4.84 Å². The van der Waals surface area contributed by atoms with Crippen molar-refractivity contribution in [3.05, 3.63) is 0 Å². The summed E-state index contributed by atoms with van der Waals surface area (Å²) in [6.45, 7) is 4.55. The Kier molecular flexibility index (Phi) is 6.70. The average molecular weight is 175 g/mol. The van der Waals surface area contributed by atoms with Crippen LogP contribution in [0.5, 0.6) is 0 Å². The number of carbonyl (C=O) groups is 1. The predicted octanol–water partition coefficient (Wildman–Crippen LogP) is 0.856. The van der Waals surface area contributed by atoms with Crippen LogP contribution >= 0.6 is 0 Å². The summed E-state index contributed by atoms with van der Waals surface area (Å²) in [6, 6.07) is 0. The summed E-state index contributed by atoms with van der Waals surface area (Å²) in [5.74, 6) is 4.93. The lowest BCUT2D eigenvalue weighted by Gasteiger charge is -2.05. The molecular weight excluding hydrogens is 158 g/mol. The van der Waals surface area contributed by atoms with Crippen molar-refractivity contribution < 1.29 is 14.4 Å². The van der Waals surface area contributed by atoms with E-state index >= 15 is 0 Å². The Bertz CT molecular complexity index is 125. The number of carbonyl (C=O) groups excluding carboxylic acids is 1. The molecule has 0 rings (SSSR count). The van der Waals surface area contributed by atoms with E-state index in [2.05, 4.69) is 24.6 Å². The molecule has 0 bridgehead atoms. The Balaban J connectivity index is 3.14. The van der Waals surface area contributed by atoms with Crippen LogP contribution in [-0.4, -0.2) is 19.2 Å². The van der Waals surface area contributed by atoms with E-state index in [-0.39, 0.29) is 6.61 Å². The van der Waals surface area contributed by atoms with Crippen LogP contribution in [0.1, 0.15) is 26.7 Å². The Morgan fingerprint density at radius 3 is 2.67 bits per heavy atom. The largest absolute Gasteiger partial charge is 0.464 e. The van der Waals surface area contributed by atoms with Crippen molar-refractivity contribution in [3.63, 3.8) is 0 Å². The summed E-state index contributed by atoms with van der Waals surface area (Å²) in [5, 5.41) is 0. The Morgan fingerprint density at radius 2 is 2.17 bits per heavy atom. The van der Waals surface area contributed by atoms with Crippen LogP contribution in [0.25, 0.3) is 0 Å². The Labute approximate surface area is 73.0 Å². The van der Waals surface area contributed by atoms with Crippen LogP contribution in [0.2, 0.25) is 0 Å². The highest BCUT2D eigenvalue weighted by atomic mass is 16.6. The molecule has 0 saturated carbocycles. The maximum absolute atomic E-state index is 10.7. The van der Waals surface area contributed by atoms with E-state index in [4.69, 9.17) is 4.74 Å². The number of nitrogens with two attached hydrogens (primary N) is 1. The normalized spacial score (nSPS) is 10.3. The smallest absolute Gasteiger partial charge is 0.334 e. The highest BCUT2D eigenvalue weighted by Crippen LogP contribution is 2.02. The molecule has 0 aromatic carbocycles. The van der Waals surface area contributed by atoms with E-state index in [1.807, 2.05) is 0 Å². The topological polar surface area (TPSA) is 61.5 Å². The van der Waals surface area contributed by atoms with Gasteiger partial charge in [-0.25, -0.2) is 10.7 Å². The first kappa shape index (κ1) is 11.4. The van der Waals surface area contributed by atoms with E-state index in [0.717, 1.165) is 12.8 Å². The van der Waals surface area contributed by atoms with E-state index in [1.54, 1.807) is 0 Å². The molecule has 4 heteroatoms. The monoisotopic (exact) mass is 175 g/mol. The zero-order chi connectivity index (χ0) is 9.40. The quantitative estimate of drug-likeness (QED) is 0.369. The SMILES string of the molecule is CC(C)CCCOC(=O)CON. The second-order valence-electron chi connectivity index (χ2n) is 3.07. The number of hydrogen-bond acceptors (Lipinski definition) is 4. The summed E-state index contributed by atoms with van der Waals surface area (Å²) >= 11 is 0. The lowest BCUT2D eigenvalue weighted by atomic mass is 10.1. The van der Waals surface area contributed by atoms with E-state index in [0.29, 0.717) is 12.5 Å². The molecule has 2 N–H and O–H groups in total. The van der Waals surface area contributed by atoms with Crippen LogP contribution in [-0.2, 0) is 14.4 Å². The number of rotatable bonds is 6. The molecule has 0 fully saturated rings. The molecule has 0 amide bonds. The fraction of sp³-hybridized carbons (Fsp3) is 0.875. The first-order valence-corrected chi connectivity index (χ1v) is 4.14. The minimum absolute atomic E-state index is 0.165. The summed E-state index contributed by atoms with van der Waals surface area (Å²) < 4.78 is 4.79. The van der Waals surface area contributed by atoms with Crippen molar-refractivity contribution >= 4 is 5.97 Å². The molecule has 72 valence electrons. The molecule has 0 aliphatic carbocycles. The second kappa shape index (κ2) is 7.06. The average Bonchev–Trinajstić information content (AvgIpc) is 1.98. The zero-order valence-electron chi connectivity index (χ0n) is 7.71. The molecule has 0 atom stereocenters. The molecule has 0 heterocycles. The van der Waals surface area contributed by atoms with Crippen LogP contribution in [0.4, 0.5) is 0 Å². The van der Waals surface area contributed by atoms with Gasteiger partial charge in [0.25, 0.3) is 0 Å². The van der Waals surface area contributed by atoms with E-state index < -0.39 is 5.97 Å². The van der Waals surface area contributed by atoms with Crippen LogP contribution < -0.4 is 5.90 Å². The van der Waals surface area contributed by atoms with Crippen LogP contribution in [0, 0.1) is 5.92 Å². The van der Waals surface area contributed by atoms with Gasteiger partial charge < -0.3 is 4.74 Å². The summed E-state index contributed by atoms with van der Waals surface area (Å²) in [6.07, 6.45) is 1.96. The van der Waals surface area contributed by atoms with Gasteiger partial charge in [-0.2, -0.15) is 0 Å². The van der Waals surface area contributed by atoms with Gasteiger partial charge in [0.1, 0.15) is 0 Å². The van der Waals surface area contributed by atoms with E-state index in [1.165, 1.54) is 0 Å². The molecule has 0 spiro atoms. The number of esters is 1. The highest BCUT2D eigenvalue weighted by Gasteiger charge is 2.01. The lowest BCUT2D eigenvalue weighted by molar-refractivity contribution is -0.149. The van der Waals surface area contributed by atoms with Gasteiger partial charge in [0.2, 0.25) is 0 Å². The van der Waals surface area contributed by atoms with Crippen LogP contribution in [0.3, 0.4) is 0 Å². The molecule has 0 aliphatic rings. The van der Waals surface area contributed by atoms with Gasteiger partial charge in [0.15, 0.2) is 6.61 Å². The maximum Gasteiger partial charge on any atom is 0.334 e. The molecule has 0 saturated heterocycles. The first-order chi connectivity index (χ1) is 5.66. The molecule has 0 aromatic heterocycles. The van der Waals surface area contributed by atoms with Crippen molar-refractivity contribution in [1.29, 1.82) is 0 Å². The molecule has 4 nitrogen and oxygen atoms in total. The number of hydrogen-bond donors (Lipinski definition) is 1. The molecule has 0 aromatic rings. The Hall–Kier alpha value is -0.610. The minimum atomic E-state index is -0.402. The van der Waals surface area contributed by atoms with Gasteiger partial charge in [-0.1, -0.05) is 13.8 Å². The van der Waals surface area contributed by atoms with Gasteiger partial charge in [-0.05, 0) is 18.8 Å². The number of ether oxygens (including phenoxy) is 1. The predicted molar refractivity (Wildman–Crippen MR) is 45.2 cm³/mol. The standard InChI is InChI=1S/C8H17NO3/c1-7(2)4-3-5-11-8(10)6-12-9/h7H,3-6,9H2,1-2H3. The van der Waals surface area contributed by atoms with Gasteiger partial charge in [0.05, 0.1) is 6.61 Å². The van der Waals surface area contributed by atoms with Crippen molar-refractivity contribution in [2.75, 3.05) is 13.2 Å². The molecule has 12 heavy (non-hydrogen) atoms. The molecule has 0 radical (unpaired) electrons. The minimum Gasteiger partial charge on any atom is -0.464 e. The lowest BCUT2D eigenvalue weighted by Crippen LogP contribution is -2.16. The van der Waals surface area contributed by atoms with Crippen molar-refractivity contribution in [3.8, 4) is 0 Å². The summed E-state index contributed by atoms with van der Waals surface area (Å²) in [7, 11) is 0. The third kappa shape index (κ3) is 7.50. The molecular formula is C8H17NO3. The fourth-order valence-corrected chi connectivity index (χ4v) is 0.787. The summed E-state index contributed by atoms with van der Waals surface area (Å²) in [4.78, 5) is 14.8. The van der Waals surface area contributed by atoms with Crippen molar-refractivity contribution in [2.24, 2.45) is 11.8 Å². The Morgan fingerprint density at radius 1 is 1.50 bits per heavy atom. The second-order valence-corrected chi connectivity index (χ2v) is 3.07. The van der Waals surface area contributed by atoms with Gasteiger partial charge >= 0.3 is 5.97 Å². The molecule has 0 aliphatic heterocycles. The fourth-order valence-electron chi connectivity index (χ4n) is 0.787. The van der Waals surface area contributed by atoms with Gasteiger partial charge in [0, 0.05) is 0 Å². The van der Waals surface area contributed by atoms with Crippen LogP contribution in [0.15, 0.2) is 0 Å². The zero-order valence-corrected chi connectivity index (χ0v) is 7.71. The molecule has 0 unspecified atom stereocenters. The third-order valence-corrected chi connectivity index (χ3v) is 1.39. The van der Waals surface area contributed by atoms with Crippen molar-refractivity contribution in [2.45, 2.75) is 26.7 Å². The van der Waals surface area contributed by atoms with Gasteiger partial charge in [-0.15, -0.1) is 0 Å². The third-order valence-electron chi connectivity index (χ3n) is 1.39. The van der Waals surface area contributed by atoms with E-state index in [9.17, 15) is 4.79 Å².